The lowest BCUT2D eigenvalue weighted by Crippen LogP contribution is -2.05. The topological polar surface area (TPSA) is 40.5 Å². The molecule has 86 valence electrons. The molecule has 0 saturated heterocycles. The fourth-order valence-corrected chi connectivity index (χ4v) is 1.42. The van der Waals surface area contributed by atoms with E-state index in [9.17, 15) is 5.11 Å². The second-order valence-electron chi connectivity index (χ2n) is 3.90. The maximum atomic E-state index is 9.50. The lowest BCUT2D eigenvalue weighted by atomic mass is 10.1. The first-order chi connectivity index (χ1) is 7.72. The fourth-order valence-electron chi connectivity index (χ4n) is 1.42. The molecule has 0 amide bonds. The van der Waals surface area contributed by atoms with Gasteiger partial charge in [0, 0.05) is 18.6 Å². The highest BCUT2D eigenvalue weighted by Gasteiger charge is 1.99. The first-order valence-corrected chi connectivity index (χ1v) is 5.57. The Kier molecular flexibility index (Phi) is 5.63. The van der Waals surface area contributed by atoms with Crippen molar-refractivity contribution in [2.24, 2.45) is 0 Å². The van der Waals surface area contributed by atoms with Crippen molar-refractivity contribution >= 4 is 0 Å². The van der Waals surface area contributed by atoms with Crippen LogP contribution in [0.2, 0.25) is 0 Å². The van der Waals surface area contributed by atoms with E-state index in [2.05, 4.69) is 11.8 Å². The molecule has 0 aromatic heterocycles. The van der Waals surface area contributed by atoms with E-state index in [1.165, 1.54) is 5.56 Å². The molecule has 0 radical (unpaired) electrons. The smallest absolute Gasteiger partial charge is 0.0650 e. The Bertz CT molecular complexity index is 374. The van der Waals surface area contributed by atoms with Gasteiger partial charge in [0.15, 0.2) is 0 Å². The highest BCUT2D eigenvalue weighted by Crippen LogP contribution is 2.03. The average Bonchev–Trinajstić information content (AvgIpc) is 2.26. The third-order valence-electron chi connectivity index (χ3n) is 2.28. The summed E-state index contributed by atoms with van der Waals surface area (Å²) in [5.74, 6) is 5.98. The van der Waals surface area contributed by atoms with Gasteiger partial charge in [0.05, 0.1) is 6.10 Å². The number of aliphatic hydroxyl groups excluding tert-OH is 2. The Morgan fingerprint density at radius 3 is 2.88 bits per heavy atom. The lowest BCUT2D eigenvalue weighted by Gasteiger charge is -2.03. The molecule has 1 rings (SSSR count). The summed E-state index contributed by atoms with van der Waals surface area (Å²) in [5.41, 5.74) is 2.17. The monoisotopic (exact) mass is 218 g/mol. The Labute approximate surface area is 96.9 Å². The molecule has 0 aliphatic carbocycles. The minimum absolute atomic E-state index is 0.127. The van der Waals surface area contributed by atoms with Crippen molar-refractivity contribution in [1.82, 2.24) is 0 Å². The summed E-state index contributed by atoms with van der Waals surface area (Å²) in [6.45, 7) is 2.16. The molecule has 0 bridgehead atoms. The summed E-state index contributed by atoms with van der Waals surface area (Å²) in [7, 11) is 0. The molecule has 0 heterocycles. The van der Waals surface area contributed by atoms with E-state index in [-0.39, 0.29) is 6.61 Å². The zero-order chi connectivity index (χ0) is 11.8. The molecule has 1 atom stereocenters. The van der Waals surface area contributed by atoms with E-state index in [0.29, 0.717) is 19.3 Å². The van der Waals surface area contributed by atoms with Gasteiger partial charge >= 0.3 is 0 Å². The number of hydrogen-bond acceptors (Lipinski definition) is 2. The van der Waals surface area contributed by atoms with Crippen LogP contribution in [-0.4, -0.2) is 22.9 Å². The number of aryl methyl sites for hydroxylation is 1. The van der Waals surface area contributed by atoms with E-state index in [1.807, 2.05) is 31.2 Å². The van der Waals surface area contributed by atoms with Crippen LogP contribution in [0.25, 0.3) is 0 Å². The Balaban J connectivity index is 2.43. The maximum absolute atomic E-state index is 9.50. The van der Waals surface area contributed by atoms with Crippen molar-refractivity contribution in [3.05, 3.63) is 35.4 Å². The van der Waals surface area contributed by atoms with Crippen LogP contribution in [0.15, 0.2) is 24.3 Å². The van der Waals surface area contributed by atoms with Gasteiger partial charge in [-0.25, -0.2) is 0 Å². The van der Waals surface area contributed by atoms with Crippen LogP contribution in [0.5, 0.6) is 0 Å². The Hall–Kier alpha value is -1.30. The second-order valence-corrected chi connectivity index (χ2v) is 3.90. The van der Waals surface area contributed by atoms with Crippen molar-refractivity contribution in [3.8, 4) is 11.8 Å². The standard InChI is InChI=1S/C14H18O2/c1-12-5-2-6-13(11-12)7-3-8-14(16)9-4-10-15/h2,5-6,11,14-16H,4,8-10H2,1H3. The highest BCUT2D eigenvalue weighted by molar-refractivity contribution is 5.36. The SMILES string of the molecule is Cc1cccc(C#CCC(O)CCCO)c1. The molecule has 0 saturated carbocycles. The van der Waals surface area contributed by atoms with E-state index < -0.39 is 6.10 Å². The van der Waals surface area contributed by atoms with Crippen LogP contribution in [-0.2, 0) is 0 Å². The van der Waals surface area contributed by atoms with Crippen molar-refractivity contribution in [1.29, 1.82) is 0 Å². The molecular formula is C14H18O2. The molecule has 0 fully saturated rings. The average molecular weight is 218 g/mol. The Morgan fingerprint density at radius 1 is 1.38 bits per heavy atom. The zero-order valence-electron chi connectivity index (χ0n) is 9.61. The van der Waals surface area contributed by atoms with E-state index in [0.717, 1.165) is 5.56 Å². The van der Waals surface area contributed by atoms with Crippen LogP contribution in [0.3, 0.4) is 0 Å². The van der Waals surface area contributed by atoms with Crippen molar-refractivity contribution in [2.75, 3.05) is 6.61 Å². The van der Waals surface area contributed by atoms with Crippen LogP contribution in [0.4, 0.5) is 0 Å². The van der Waals surface area contributed by atoms with Gasteiger partial charge in [-0.3, -0.25) is 0 Å². The van der Waals surface area contributed by atoms with Gasteiger partial charge < -0.3 is 10.2 Å². The quantitative estimate of drug-likeness (QED) is 0.757. The van der Waals surface area contributed by atoms with Crippen molar-refractivity contribution in [2.45, 2.75) is 32.3 Å². The van der Waals surface area contributed by atoms with E-state index in [1.54, 1.807) is 0 Å². The van der Waals surface area contributed by atoms with E-state index >= 15 is 0 Å². The lowest BCUT2D eigenvalue weighted by molar-refractivity contribution is 0.154. The van der Waals surface area contributed by atoms with Crippen molar-refractivity contribution in [3.63, 3.8) is 0 Å². The summed E-state index contributed by atoms with van der Waals surface area (Å²) in [6, 6.07) is 7.98. The first-order valence-electron chi connectivity index (χ1n) is 5.57. The minimum Gasteiger partial charge on any atom is -0.396 e. The third kappa shape index (κ3) is 4.97. The molecule has 1 aromatic rings. The summed E-state index contributed by atoms with van der Waals surface area (Å²) >= 11 is 0. The van der Waals surface area contributed by atoms with Gasteiger partial charge in [-0.15, -0.1) is 0 Å². The molecule has 0 spiro atoms. The van der Waals surface area contributed by atoms with Crippen molar-refractivity contribution < 1.29 is 10.2 Å². The molecule has 2 heteroatoms. The zero-order valence-corrected chi connectivity index (χ0v) is 9.61. The number of hydrogen-bond donors (Lipinski definition) is 2. The number of aliphatic hydroxyl groups is 2. The van der Waals surface area contributed by atoms with Gasteiger partial charge in [0.1, 0.15) is 0 Å². The number of rotatable bonds is 4. The third-order valence-corrected chi connectivity index (χ3v) is 2.28. The van der Waals surface area contributed by atoms with Gasteiger partial charge in [-0.1, -0.05) is 24.0 Å². The summed E-state index contributed by atoms with van der Waals surface area (Å²) in [6.07, 6.45) is 1.28. The molecule has 1 aromatic carbocycles. The Morgan fingerprint density at radius 2 is 2.19 bits per heavy atom. The predicted octanol–water partition coefficient (Wildman–Crippen LogP) is 1.87. The first kappa shape index (κ1) is 12.8. The largest absolute Gasteiger partial charge is 0.396 e. The second kappa shape index (κ2) is 7.05. The van der Waals surface area contributed by atoms with E-state index in [4.69, 9.17) is 5.11 Å². The fraction of sp³-hybridized carbons (Fsp3) is 0.429. The molecule has 2 nitrogen and oxygen atoms in total. The van der Waals surface area contributed by atoms with Gasteiger partial charge in [-0.2, -0.15) is 0 Å². The van der Waals surface area contributed by atoms with Crippen LogP contribution >= 0.6 is 0 Å². The molecular weight excluding hydrogens is 200 g/mol. The molecule has 0 aliphatic heterocycles. The van der Waals surface area contributed by atoms with Gasteiger partial charge in [0.2, 0.25) is 0 Å². The molecule has 16 heavy (non-hydrogen) atoms. The summed E-state index contributed by atoms with van der Waals surface area (Å²) < 4.78 is 0. The maximum Gasteiger partial charge on any atom is 0.0650 e. The summed E-state index contributed by atoms with van der Waals surface area (Å²) in [5, 5.41) is 18.1. The van der Waals surface area contributed by atoms with Crippen LogP contribution in [0, 0.1) is 18.8 Å². The van der Waals surface area contributed by atoms with Gasteiger partial charge in [-0.05, 0) is 37.5 Å². The van der Waals surface area contributed by atoms with Crippen LogP contribution in [0.1, 0.15) is 30.4 Å². The molecule has 0 aliphatic rings. The predicted molar refractivity (Wildman–Crippen MR) is 65.0 cm³/mol. The molecule has 1 unspecified atom stereocenters. The normalized spacial score (nSPS) is 11.7. The van der Waals surface area contributed by atoms with Gasteiger partial charge in [0.25, 0.3) is 0 Å². The number of benzene rings is 1. The highest BCUT2D eigenvalue weighted by atomic mass is 16.3. The molecule has 2 N–H and O–H groups in total. The summed E-state index contributed by atoms with van der Waals surface area (Å²) in [4.78, 5) is 0. The van der Waals surface area contributed by atoms with Crippen LogP contribution < -0.4 is 0 Å². The minimum atomic E-state index is -0.426.